The molecule has 0 bridgehead atoms. The van der Waals surface area contributed by atoms with Crippen molar-refractivity contribution in [1.29, 1.82) is 0 Å². The fourth-order valence-electron chi connectivity index (χ4n) is 3.29. The van der Waals surface area contributed by atoms with Crippen LogP contribution in [0.15, 0.2) is 36.7 Å². The Morgan fingerprint density at radius 3 is 2.31 bits per heavy atom. The third-order valence-electron chi connectivity index (χ3n) is 4.88. The highest BCUT2D eigenvalue weighted by molar-refractivity contribution is 5.92. The lowest BCUT2D eigenvalue weighted by Crippen LogP contribution is -2.47. The van der Waals surface area contributed by atoms with Crippen LogP contribution in [-0.4, -0.2) is 60.0 Å². The molecule has 138 valence electrons. The zero-order valence-electron chi connectivity index (χ0n) is 15.9. The number of hydrogen-bond acceptors (Lipinski definition) is 5. The van der Waals surface area contributed by atoms with Gasteiger partial charge in [-0.05, 0) is 38.5 Å². The molecule has 26 heavy (non-hydrogen) atoms. The number of benzene rings is 1. The van der Waals surface area contributed by atoms with E-state index < -0.39 is 0 Å². The van der Waals surface area contributed by atoms with Crippen LogP contribution >= 0.6 is 0 Å². The van der Waals surface area contributed by atoms with Crippen LogP contribution in [0.5, 0.6) is 0 Å². The molecule has 1 aromatic carbocycles. The largest absolute Gasteiger partial charge is 0.368 e. The molecular weight excluding hydrogens is 326 g/mol. The number of amides is 1. The molecule has 1 amide bonds. The Morgan fingerprint density at radius 1 is 1.04 bits per heavy atom. The van der Waals surface area contributed by atoms with Gasteiger partial charge >= 0.3 is 0 Å². The molecule has 0 radical (unpaired) electrons. The minimum atomic E-state index is -0.0571. The number of carbonyl (C=O) groups excluding carboxylic acids is 1. The fraction of sp³-hybridized carbons (Fsp3) is 0.450. The van der Waals surface area contributed by atoms with E-state index in [4.69, 9.17) is 0 Å². The first-order valence-electron chi connectivity index (χ1n) is 9.30. The average molecular weight is 353 g/mol. The van der Waals surface area contributed by atoms with Crippen LogP contribution in [0.25, 0.3) is 0 Å². The molecule has 2 heterocycles. The molecule has 1 aromatic heterocycles. The van der Waals surface area contributed by atoms with E-state index in [1.54, 1.807) is 17.3 Å². The van der Waals surface area contributed by atoms with Crippen LogP contribution in [0.3, 0.4) is 0 Å². The summed E-state index contributed by atoms with van der Waals surface area (Å²) in [6.07, 6.45) is 3.32. The summed E-state index contributed by atoms with van der Waals surface area (Å²) in [7, 11) is 0. The maximum atomic E-state index is 12.3. The number of rotatable bonds is 5. The van der Waals surface area contributed by atoms with E-state index in [2.05, 4.69) is 51.0 Å². The number of carbonyl (C=O) groups is 1. The highest BCUT2D eigenvalue weighted by atomic mass is 16.2. The van der Waals surface area contributed by atoms with Crippen molar-refractivity contribution in [3.8, 4) is 0 Å². The normalized spacial score (nSPS) is 14.4. The van der Waals surface area contributed by atoms with Gasteiger partial charge in [-0.1, -0.05) is 12.1 Å². The van der Waals surface area contributed by atoms with Crippen molar-refractivity contribution in [1.82, 2.24) is 14.9 Å². The van der Waals surface area contributed by atoms with Gasteiger partial charge in [-0.25, -0.2) is 9.97 Å². The van der Waals surface area contributed by atoms with Crippen molar-refractivity contribution < 1.29 is 4.79 Å². The molecule has 0 unspecified atom stereocenters. The second-order valence-electron chi connectivity index (χ2n) is 6.55. The molecule has 6 nitrogen and oxygen atoms in total. The third-order valence-corrected chi connectivity index (χ3v) is 4.88. The molecule has 0 spiro atoms. The second kappa shape index (κ2) is 8.17. The first-order valence-corrected chi connectivity index (χ1v) is 9.30. The Bertz CT molecular complexity index is 734. The summed E-state index contributed by atoms with van der Waals surface area (Å²) in [4.78, 5) is 27.5. The molecule has 6 heteroatoms. The van der Waals surface area contributed by atoms with E-state index in [9.17, 15) is 4.79 Å². The highest BCUT2D eigenvalue weighted by Crippen LogP contribution is 2.20. The maximum absolute atomic E-state index is 12.3. The predicted octanol–water partition coefficient (Wildman–Crippen LogP) is 2.59. The van der Waals surface area contributed by atoms with Crippen molar-refractivity contribution in [2.45, 2.75) is 20.8 Å². The van der Waals surface area contributed by atoms with Crippen molar-refractivity contribution in [3.05, 3.63) is 47.9 Å². The van der Waals surface area contributed by atoms with Crippen molar-refractivity contribution >= 4 is 17.4 Å². The topological polar surface area (TPSA) is 52.6 Å². The summed E-state index contributed by atoms with van der Waals surface area (Å²) in [5.74, 6) is 0.781. The fourth-order valence-corrected chi connectivity index (χ4v) is 3.29. The molecule has 1 fully saturated rings. The Hall–Kier alpha value is -2.63. The first-order chi connectivity index (χ1) is 12.6. The minimum Gasteiger partial charge on any atom is -0.368 e. The molecule has 1 saturated heterocycles. The van der Waals surface area contributed by atoms with Gasteiger partial charge in [0.25, 0.3) is 5.91 Å². The summed E-state index contributed by atoms with van der Waals surface area (Å²) in [6.45, 7) is 11.1. The molecule has 3 rings (SSSR count). The Kier molecular flexibility index (Phi) is 5.71. The molecule has 0 aliphatic carbocycles. The monoisotopic (exact) mass is 353 g/mol. The van der Waals surface area contributed by atoms with Crippen LogP contribution in [0.4, 0.5) is 11.5 Å². The van der Waals surface area contributed by atoms with Gasteiger partial charge in [-0.2, -0.15) is 0 Å². The lowest BCUT2D eigenvalue weighted by Gasteiger charge is -2.36. The highest BCUT2D eigenvalue weighted by Gasteiger charge is 2.20. The van der Waals surface area contributed by atoms with Gasteiger partial charge in [0.05, 0.1) is 12.4 Å². The number of nitrogens with zero attached hydrogens (tertiary/aromatic N) is 5. The third kappa shape index (κ3) is 3.95. The SMILES string of the molecule is CCN(CC)C(=O)c1cnc(N2CCN(c3cccc(C)c3)CC2)cn1. The van der Waals surface area contributed by atoms with Crippen LogP contribution in [0.2, 0.25) is 0 Å². The summed E-state index contributed by atoms with van der Waals surface area (Å²) < 4.78 is 0. The zero-order chi connectivity index (χ0) is 18.5. The van der Waals surface area contributed by atoms with Crippen molar-refractivity contribution in [2.75, 3.05) is 49.1 Å². The summed E-state index contributed by atoms with van der Waals surface area (Å²) in [5.41, 5.74) is 2.97. The van der Waals surface area contributed by atoms with Gasteiger partial charge in [0.1, 0.15) is 11.5 Å². The van der Waals surface area contributed by atoms with Crippen LogP contribution in [0.1, 0.15) is 29.9 Å². The van der Waals surface area contributed by atoms with Crippen LogP contribution in [0, 0.1) is 6.92 Å². The standard InChI is InChI=1S/C20H27N5O/c1-4-23(5-2)20(26)18-14-22-19(15-21-18)25-11-9-24(10-12-25)17-8-6-7-16(3)13-17/h6-8,13-15H,4-5,9-12H2,1-3H3. The quantitative estimate of drug-likeness (QED) is 0.827. The molecule has 0 atom stereocenters. The molecule has 0 N–H and O–H groups in total. The van der Waals surface area contributed by atoms with Crippen LogP contribution < -0.4 is 9.80 Å². The predicted molar refractivity (Wildman–Crippen MR) is 105 cm³/mol. The lowest BCUT2D eigenvalue weighted by atomic mass is 10.2. The van der Waals surface area contributed by atoms with Gasteiger partial charge in [0.15, 0.2) is 0 Å². The first kappa shape index (κ1) is 18.2. The van der Waals surface area contributed by atoms with Gasteiger partial charge < -0.3 is 14.7 Å². The van der Waals surface area contributed by atoms with E-state index >= 15 is 0 Å². The summed E-state index contributed by atoms with van der Waals surface area (Å²) in [6, 6.07) is 8.61. The van der Waals surface area contributed by atoms with Gasteiger partial charge in [-0.3, -0.25) is 4.79 Å². The van der Waals surface area contributed by atoms with E-state index in [1.807, 2.05) is 13.8 Å². The lowest BCUT2D eigenvalue weighted by molar-refractivity contribution is 0.0766. The number of piperazine rings is 1. The molecular formula is C20H27N5O. The number of anilines is 2. The molecule has 0 saturated carbocycles. The molecule has 1 aliphatic rings. The Labute approximate surface area is 155 Å². The Morgan fingerprint density at radius 2 is 1.73 bits per heavy atom. The van der Waals surface area contributed by atoms with Gasteiger partial charge in [0.2, 0.25) is 0 Å². The smallest absolute Gasteiger partial charge is 0.274 e. The van der Waals surface area contributed by atoms with E-state index in [0.29, 0.717) is 18.8 Å². The number of hydrogen-bond donors (Lipinski definition) is 0. The van der Waals surface area contributed by atoms with E-state index in [0.717, 1.165) is 32.0 Å². The second-order valence-corrected chi connectivity index (χ2v) is 6.55. The number of aryl methyl sites for hydroxylation is 1. The summed E-state index contributed by atoms with van der Waals surface area (Å²) in [5, 5.41) is 0. The van der Waals surface area contributed by atoms with Crippen LogP contribution in [-0.2, 0) is 0 Å². The minimum absolute atomic E-state index is 0.0571. The zero-order valence-corrected chi connectivity index (χ0v) is 15.9. The average Bonchev–Trinajstić information content (AvgIpc) is 2.69. The maximum Gasteiger partial charge on any atom is 0.274 e. The van der Waals surface area contributed by atoms with Crippen molar-refractivity contribution in [3.63, 3.8) is 0 Å². The van der Waals surface area contributed by atoms with Crippen molar-refractivity contribution in [2.24, 2.45) is 0 Å². The molecule has 2 aromatic rings. The summed E-state index contributed by atoms with van der Waals surface area (Å²) >= 11 is 0. The van der Waals surface area contributed by atoms with E-state index in [1.165, 1.54) is 11.3 Å². The van der Waals surface area contributed by atoms with E-state index in [-0.39, 0.29) is 5.91 Å². The molecule has 1 aliphatic heterocycles. The Balaban J connectivity index is 1.62. The van der Waals surface area contributed by atoms with Gasteiger partial charge in [0, 0.05) is 45.0 Å². The van der Waals surface area contributed by atoms with Gasteiger partial charge in [-0.15, -0.1) is 0 Å². The number of aromatic nitrogens is 2.